The average molecular weight is 406 g/mol. The molecule has 0 saturated heterocycles. The molecule has 6 atom stereocenters. The summed E-state index contributed by atoms with van der Waals surface area (Å²) in [6, 6.07) is 8.46. The van der Waals surface area contributed by atoms with Crippen molar-refractivity contribution >= 4 is 12.0 Å². The van der Waals surface area contributed by atoms with E-state index < -0.39 is 0 Å². The van der Waals surface area contributed by atoms with Crippen LogP contribution in [0.1, 0.15) is 57.9 Å². The van der Waals surface area contributed by atoms with E-state index in [4.69, 9.17) is 4.74 Å². The van der Waals surface area contributed by atoms with Crippen LogP contribution in [-0.4, -0.2) is 31.0 Å². The van der Waals surface area contributed by atoms with Crippen molar-refractivity contribution in [2.45, 2.75) is 58.4 Å². The molecule has 1 amide bonds. The summed E-state index contributed by atoms with van der Waals surface area (Å²) in [4.78, 5) is 14.7. The number of rotatable bonds is 2. The number of hydrogen-bond donors (Lipinski definition) is 0. The summed E-state index contributed by atoms with van der Waals surface area (Å²) in [5, 5.41) is 0. The molecule has 3 heteroatoms. The molecule has 1 aromatic rings. The van der Waals surface area contributed by atoms with Crippen molar-refractivity contribution in [2.75, 3.05) is 14.2 Å². The Bertz CT molecular complexity index is 917. The van der Waals surface area contributed by atoms with Crippen LogP contribution in [0, 0.1) is 28.6 Å². The third-order valence-electron chi connectivity index (χ3n) is 9.19. The number of carbonyl (C=O) groups excluding carboxylic acids is 1. The normalized spacial score (nSPS) is 41.4. The first-order chi connectivity index (χ1) is 14.4. The first kappa shape index (κ1) is 19.9. The van der Waals surface area contributed by atoms with Crippen LogP contribution >= 0.6 is 0 Å². The van der Waals surface area contributed by atoms with Crippen molar-refractivity contribution in [3.63, 3.8) is 0 Å². The standard InChI is InChI=1S/C27H35NO2/c1-26-12-6-9-22(26)21-17-19(15-18-7-5-8-20(16-18)30-4)25-27(2,23(21)10-13-26)14-11-24(29)28(25)3/h5,7-8,11,14-16,21-23,25H,6,9-10,12-13,17H2,1-4H3/t21-,22-,23+,25?,26-,27+/m0/s1. The zero-order valence-electron chi connectivity index (χ0n) is 18.9. The highest BCUT2D eigenvalue weighted by Crippen LogP contribution is 2.64. The van der Waals surface area contributed by atoms with Crippen LogP contribution < -0.4 is 4.74 Å². The predicted octanol–water partition coefficient (Wildman–Crippen LogP) is 5.72. The fraction of sp³-hybridized carbons (Fsp3) is 0.593. The van der Waals surface area contributed by atoms with Crippen LogP contribution in [0.4, 0.5) is 0 Å². The van der Waals surface area contributed by atoms with Crippen molar-refractivity contribution in [1.82, 2.24) is 4.90 Å². The molecule has 1 aliphatic heterocycles. The average Bonchev–Trinajstić information content (AvgIpc) is 3.13. The van der Waals surface area contributed by atoms with Crippen LogP contribution in [0.5, 0.6) is 5.75 Å². The van der Waals surface area contributed by atoms with Crippen LogP contribution in [0.3, 0.4) is 0 Å². The van der Waals surface area contributed by atoms with Crippen molar-refractivity contribution in [3.05, 3.63) is 47.6 Å². The molecule has 0 radical (unpaired) electrons. The summed E-state index contributed by atoms with van der Waals surface area (Å²) in [5.41, 5.74) is 3.13. The molecule has 1 unspecified atom stereocenters. The minimum atomic E-state index is 0.0141. The van der Waals surface area contributed by atoms with Gasteiger partial charge in [0.25, 0.3) is 0 Å². The van der Waals surface area contributed by atoms with Crippen LogP contribution in [-0.2, 0) is 4.79 Å². The summed E-state index contributed by atoms with van der Waals surface area (Å²) in [7, 11) is 3.72. The van der Waals surface area contributed by atoms with Gasteiger partial charge in [0.1, 0.15) is 5.75 Å². The molecule has 4 aliphatic rings. The number of benzene rings is 1. The van der Waals surface area contributed by atoms with Crippen LogP contribution in [0.25, 0.3) is 6.08 Å². The molecule has 0 N–H and O–H groups in total. The second-order valence-electron chi connectivity index (χ2n) is 10.7. The minimum Gasteiger partial charge on any atom is -0.497 e. The molecule has 3 fully saturated rings. The summed E-state index contributed by atoms with van der Waals surface area (Å²) in [6.45, 7) is 4.97. The maximum atomic E-state index is 12.7. The number of ether oxygens (including phenoxy) is 1. The number of amides is 1. The summed E-state index contributed by atoms with van der Waals surface area (Å²) < 4.78 is 5.46. The molecule has 3 nitrogen and oxygen atoms in total. The fourth-order valence-corrected chi connectivity index (χ4v) is 7.78. The minimum absolute atomic E-state index is 0.0141. The van der Waals surface area contributed by atoms with Gasteiger partial charge in [-0.1, -0.05) is 44.6 Å². The van der Waals surface area contributed by atoms with E-state index in [0.717, 1.165) is 24.0 Å². The molecular formula is C27H35NO2. The van der Waals surface area contributed by atoms with Gasteiger partial charge in [0.2, 0.25) is 5.91 Å². The third-order valence-corrected chi connectivity index (χ3v) is 9.19. The van der Waals surface area contributed by atoms with Gasteiger partial charge < -0.3 is 9.64 Å². The van der Waals surface area contributed by atoms with Gasteiger partial charge in [0, 0.05) is 12.5 Å². The summed E-state index contributed by atoms with van der Waals surface area (Å²) in [6.07, 6.45) is 14.4. The number of hydrogen-bond acceptors (Lipinski definition) is 2. The van der Waals surface area contributed by atoms with E-state index in [1.54, 1.807) is 7.11 Å². The lowest BCUT2D eigenvalue weighted by Crippen LogP contribution is -2.60. The molecule has 1 aromatic carbocycles. The summed E-state index contributed by atoms with van der Waals surface area (Å²) in [5.74, 6) is 3.21. The lowest BCUT2D eigenvalue weighted by atomic mass is 9.47. The van der Waals surface area contributed by atoms with Gasteiger partial charge in [0.05, 0.1) is 13.2 Å². The number of nitrogens with zero attached hydrogens (tertiary/aromatic N) is 1. The Labute approximate surface area is 181 Å². The Balaban J connectivity index is 1.61. The van der Waals surface area contributed by atoms with E-state index in [2.05, 4.69) is 44.2 Å². The Morgan fingerprint density at radius 2 is 2.00 bits per heavy atom. The van der Waals surface area contributed by atoms with E-state index >= 15 is 0 Å². The molecule has 5 rings (SSSR count). The predicted molar refractivity (Wildman–Crippen MR) is 121 cm³/mol. The topological polar surface area (TPSA) is 29.5 Å². The second kappa shape index (κ2) is 7.00. The van der Waals surface area contributed by atoms with E-state index in [-0.39, 0.29) is 17.4 Å². The maximum Gasteiger partial charge on any atom is 0.246 e. The number of carbonyl (C=O) groups is 1. The quantitative estimate of drug-likeness (QED) is 0.630. The Morgan fingerprint density at radius 1 is 1.17 bits per heavy atom. The highest BCUT2D eigenvalue weighted by molar-refractivity contribution is 5.89. The van der Waals surface area contributed by atoms with Gasteiger partial charge in [-0.2, -0.15) is 0 Å². The molecule has 3 saturated carbocycles. The monoisotopic (exact) mass is 405 g/mol. The van der Waals surface area contributed by atoms with Gasteiger partial charge in [-0.25, -0.2) is 0 Å². The molecule has 0 spiro atoms. The van der Waals surface area contributed by atoms with Crippen molar-refractivity contribution in [2.24, 2.45) is 28.6 Å². The number of methoxy groups -OCH3 is 1. The molecule has 160 valence electrons. The van der Waals surface area contributed by atoms with Gasteiger partial charge in [-0.3, -0.25) is 4.79 Å². The highest BCUT2D eigenvalue weighted by atomic mass is 16.5. The number of fused-ring (bicyclic) bond motifs is 5. The molecular weight excluding hydrogens is 370 g/mol. The smallest absolute Gasteiger partial charge is 0.246 e. The first-order valence-electron chi connectivity index (χ1n) is 11.7. The van der Waals surface area contributed by atoms with E-state index in [1.807, 2.05) is 24.1 Å². The van der Waals surface area contributed by atoms with E-state index in [9.17, 15) is 4.79 Å². The van der Waals surface area contributed by atoms with Crippen LogP contribution in [0.2, 0.25) is 0 Å². The van der Waals surface area contributed by atoms with Crippen molar-refractivity contribution in [3.8, 4) is 5.75 Å². The summed E-state index contributed by atoms with van der Waals surface area (Å²) >= 11 is 0. The van der Waals surface area contributed by atoms with E-state index in [1.165, 1.54) is 43.2 Å². The molecule has 0 aromatic heterocycles. The Morgan fingerprint density at radius 3 is 2.80 bits per heavy atom. The van der Waals surface area contributed by atoms with E-state index in [0.29, 0.717) is 11.3 Å². The SMILES string of the molecule is COc1cccc(C=C2C[C@@H]3[C@@H](CC[C@]4(C)CCC[C@@H]34)[C@@]3(C)C=CC(=O)N(C)C23)c1. The lowest BCUT2D eigenvalue weighted by molar-refractivity contribution is -0.133. The lowest BCUT2D eigenvalue weighted by Gasteiger charge is -2.60. The zero-order chi connectivity index (χ0) is 21.1. The highest BCUT2D eigenvalue weighted by Gasteiger charge is 2.59. The number of likely N-dealkylation sites (N-methyl/N-ethyl adjacent to an activating group) is 1. The molecule has 30 heavy (non-hydrogen) atoms. The largest absolute Gasteiger partial charge is 0.497 e. The zero-order valence-corrected chi connectivity index (χ0v) is 18.9. The first-order valence-corrected chi connectivity index (χ1v) is 11.7. The van der Waals surface area contributed by atoms with Gasteiger partial charge >= 0.3 is 0 Å². The maximum absolute atomic E-state index is 12.7. The van der Waals surface area contributed by atoms with Gasteiger partial charge in [0.15, 0.2) is 0 Å². The van der Waals surface area contributed by atoms with Crippen molar-refractivity contribution < 1.29 is 9.53 Å². The third kappa shape index (κ3) is 2.88. The Hall–Kier alpha value is -2.03. The fourth-order valence-electron chi connectivity index (χ4n) is 7.78. The molecule has 1 heterocycles. The van der Waals surface area contributed by atoms with Crippen molar-refractivity contribution in [1.29, 1.82) is 0 Å². The second-order valence-corrected chi connectivity index (χ2v) is 10.7. The van der Waals surface area contributed by atoms with Gasteiger partial charge in [-0.05, 0) is 84.6 Å². The molecule has 3 aliphatic carbocycles. The van der Waals surface area contributed by atoms with Gasteiger partial charge in [-0.15, -0.1) is 0 Å². The Kier molecular flexibility index (Phi) is 4.65. The molecule has 0 bridgehead atoms. The van der Waals surface area contributed by atoms with Crippen LogP contribution in [0.15, 0.2) is 42.0 Å².